The number of methoxy groups -OCH3 is 1. The number of amides is 1. The summed E-state index contributed by atoms with van der Waals surface area (Å²) in [5, 5.41) is 2.55. The van der Waals surface area contributed by atoms with E-state index < -0.39 is 17.5 Å². The first-order valence-electron chi connectivity index (χ1n) is 6.40. The molecule has 0 aliphatic carbocycles. The van der Waals surface area contributed by atoms with E-state index in [1.165, 1.54) is 31.4 Å². The SMILES string of the molecule is COCc1ccc(C(=O)NCCc2c(F)cccc2F)o1. The molecule has 1 amide bonds. The van der Waals surface area contributed by atoms with Crippen LogP contribution >= 0.6 is 0 Å². The Morgan fingerprint density at radius 1 is 1.24 bits per heavy atom. The summed E-state index contributed by atoms with van der Waals surface area (Å²) in [6, 6.07) is 6.82. The van der Waals surface area contributed by atoms with Crippen LogP contribution in [-0.4, -0.2) is 19.6 Å². The molecule has 1 aromatic carbocycles. The second-order valence-corrected chi connectivity index (χ2v) is 4.41. The van der Waals surface area contributed by atoms with Crippen LogP contribution < -0.4 is 5.32 Å². The van der Waals surface area contributed by atoms with Crippen LogP contribution in [0.15, 0.2) is 34.7 Å². The molecule has 2 rings (SSSR count). The fraction of sp³-hybridized carbons (Fsp3) is 0.267. The smallest absolute Gasteiger partial charge is 0.287 e. The molecule has 4 nitrogen and oxygen atoms in total. The molecular formula is C15H15F2NO3. The predicted molar refractivity (Wildman–Crippen MR) is 71.8 cm³/mol. The lowest BCUT2D eigenvalue weighted by atomic mass is 10.1. The van der Waals surface area contributed by atoms with Gasteiger partial charge in [-0.15, -0.1) is 0 Å². The maximum atomic E-state index is 13.4. The molecule has 0 radical (unpaired) electrons. The second-order valence-electron chi connectivity index (χ2n) is 4.41. The number of halogens is 2. The van der Waals surface area contributed by atoms with Crippen molar-refractivity contribution in [1.29, 1.82) is 0 Å². The molecule has 21 heavy (non-hydrogen) atoms. The molecule has 1 N–H and O–H groups in total. The molecule has 112 valence electrons. The monoisotopic (exact) mass is 295 g/mol. The van der Waals surface area contributed by atoms with Crippen molar-refractivity contribution in [3.8, 4) is 0 Å². The lowest BCUT2D eigenvalue weighted by molar-refractivity contribution is 0.0917. The maximum absolute atomic E-state index is 13.4. The van der Waals surface area contributed by atoms with Crippen LogP contribution in [0.1, 0.15) is 21.9 Å². The van der Waals surface area contributed by atoms with Gasteiger partial charge < -0.3 is 14.5 Å². The average Bonchev–Trinajstić information content (AvgIpc) is 2.91. The van der Waals surface area contributed by atoms with E-state index in [1.807, 2.05) is 0 Å². The largest absolute Gasteiger partial charge is 0.453 e. The minimum atomic E-state index is -0.621. The molecule has 0 fully saturated rings. The van der Waals surface area contributed by atoms with Crippen molar-refractivity contribution in [2.45, 2.75) is 13.0 Å². The van der Waals surface area contributed by atoms with Gasteiger partial charge in [0.1, 0.15) is 24.0 Å². The summed E-state index contributed by atoms with van der Waals surface area (Å²) in [4.78, 5) is 11.8. The van der Waals surface area contributed by atoms with Gasteiger partial charge in [0.05, 0.1) is 0 Å². The summed E-state index contributed by atoms with van der Waals surface area (Å²) in [6.07, 6.45) is 0.0654. The molecule has 0 unspecified atom stereocenters. The van der Waals surface area contributed by atoms with E-state index >= 15 is 0 Å². The Hall–Kier alpha value is -2.21. The molecule has 0 saturated carbocycles. The van der Waals surface area contributed by atoms with E-state index in [9.17, 15) is 13.6 Å². The van der Waals surface area contributed by atoms with Gasteiger partial charge in [-0.05, 0) is 30.7 Å². The van der Waals surface area contributed by atoms with Crippen molar-refractivity contribution in [2.75, 3.05) is 13.7 Å². The van der Waals surface area contributed by atoms with E-state index in [1.54, 1.807) is 6.07 Å². The lowest BCUT2D eigenvalue weighted by Crippen LogP contribution is -2.25. The summed E-state index contributed by atoms with van der Waals surface area (Å²) < 4.78 is 36.9. The van der Waals surface area contributed by atoms with Gasteiger partial charge in [0, 0.05) is 19.2 Å². The Kier molecular flexibility index (Phi) is 5.05. The number of hydrogen-bond donors (Lipinski definition) is 1. The number of nitrogens with one attached hydrogen (secondary N) is 1. The van der Waals surface area contributed by atoms with Gasteiger partial charge in [-0.25, -0.2) is 8.78 Å². The zero-order valence-electron chi connectivity index (χ0n) is 11.5. The minimum Gasteiger partial charge on any atom is -0.453 e. The lowest BCUT2D eigenvalue weighted by Gasteiger charge is -2.06. The van der Waals surface area contributed by atoms with E-state index in [-0.39, 0.29) is 30.9 Å². The highest BCUT2D eigenvalue weighted by Crippen LogP contribution is 2.12. The highest BCUT2D eigenvalue weighted by Gasteiger charge is 2.12. The number of hydrogen-bond acceptors (Lipinski definition) is 3. The molecule has 1 aromatic heterocycles. The first kappa shape index (κ1) is 15.2. The van der Waals surface area contributed by atoms with Gasteiger partial charge in [0.2, 0.25) is 0 Å². The van der Waals surface area contributed by atoms with Crippen molar-refractivity contribution >= 4 is 5.91 Å². The molecule has 2 aromatic rings. The van der Waals surface area contributed by atoms with E-state index in [2.05, 4.69) is 5.32 Å². The molecule has 6 heteroatoms. The normalized spacial score (nSPS) is 10.6. The number of rotatable bonds is 6. The molecular weight excluding hydrogens is 280 g/mol. The van der Waals surface area contributed by atoms with E-state index in [0.29, 0.717) is 5.76 Å². The fourth-order valence-corrected chi connectivity index (χ4v) is 1.88. The highest BCUT2D eigenvalue weighted by atomic mass is 19.1. The average molecular weight is 295 g/mol. The van der Waals surface area contributed by atoms with Crippen molar-refractivity contribution in [2.24, 2.45) is 0 Å². The van der Waals surface area contributed by atoms with Crippen molar-refractivity contribution in [3.63, 3.8) is 0 Å². The van der Waals surface area contributed by atoms with Crippen LogP contribution in [0.3, 0.4) is 0 Å². The number of furan rings is 1. The summed E-state index contributed by atoms with van der Waals surface area (Å²) >= 11 is 0. The van der Waals surface area contributed by atoms with Crippen LogP contribution in [0.5, 0.6) is 0 Å². The summed E-state index contributed by atoms with van der Waals surface area (Å²) in [5.41, 5.74) is -0.0442. The summed E-state index contributed by atoms with van der Waals surface area (Å²) in [6.45, 7) is 0.380. The highest BCUT2D eigenvalue weighted by molar-refractivity contribution is 5.91. The molecule has 0 saturated heterocycles. The van der Waals surface area contributed by atoms with Crippen molar-refractivity contribution < 1.29 is 22.7 Å². The van der Waals surface area contributed by atoms with Crippen LogP contribution in [0.25, 0.3) is 0 Å². The molecule has 1 heterocycles. The molecule has 0 bridgehead atoms. The third-order valence-corrected chi connectivity index (χ3v) is 2.89. The van der Waals surface area contributed by atoms with Crippen molar-refractivity contribution in [3.05, 3.63) is 59.1 Å². The molecule has 0 spiro atoms. The van der Waals surface area contributed by atoms with Gasteiger partial charge in [0.15, 0.2) is 5.76 Å². The predicted octanol–water partition coefficient (Wildman–Crippen LogP) is 2.68. The fourth-order valence-electron chi connectivity index (χ4n) is 1.88. The minimum absolute atomic E-state index is 0.0442. The second kappa shape index (κ2) is 6.99. The maximum Gasteiger partial charge on any atom is 0.287 e. The first-order valence-corrected chi connectivity index (χ1v) is 6.40. The Balaban J connectivity index is 1.89. The Bertz CT molecular complexity index is 605. The summed E-state index contributed by atoms with van der Waals surface area (Å²) in [5.74, 6) is -1.01. The van der Waals surface area contributed by atoms with E-state index in [0.717, 1.165) is 0 Å². The molecule has 0 aliphatic heterocycles. The third-order valence-electron chi connectivity index (χ3n) is 2.89. The number of carbonyl (C=O) groups excluding carboxylic acids is 1. The number of carbonyl (C=O) groups is 1. The van der Waals surface area contributed by atoms with Crippen LogP contribution in [0, 0.1) is 11.6 Å². The van der Waals surface area contributed by atoms with E-state index in [4.69, 9.17) is 9.15 Å². The zero-order chi connectivity index (χ0) is 15.2. The molecule has 0 atom stereocenters. The molecule has 0 aliphatic rings. The third kappa shape index (κ3) is 3.88. The quantitative estimate of drug-likeness (QED) is 0.891. The Labute approximate surface area is 120 Å². The van der Waals surface area contributed by atoms with Gasteiger partial charge in [-0.2, -0.15) is 0 Å². The summed E-state index contributed by atoms with van der Waals surface area (Å²) in [7, 11) is 1.52. The first-order chi connectivity index (χ1) is 10.1. The van der Waals surface area contributed by atoms with Crippen molar-refractivity contribution in [1.82, 2.24) is 5.32 Å². The van der Waals surface area contributed by atoms with Crippen LogP contribution in [0.4, 0.5) is 8.78 Å². The topological polar surface area (TPSA) is 51.5 Å². The standard InChI is InChI=1S/C15H15F2NO3/c1-20-9-10-5-6-14(21-10)15(19)18-8-7-11-12(16)3-2-4-13(11)17/h2-6H,7-9H2,1H3,(H,18,19). The Morgan fingerprint density at radius 2 is 1.95 bits per heavy atom. The van der Waals surface area contributed by atoms with Crippen LogP contribution in [-0.2, 0) is 17.8 Å². The van der Waals surface area contributed by atoms with Gasteiger partial charge >= 0.3 is 0 Å². The van der Waals surface area contributed by atoms with Crippen LogP contribution in [0.2, 0.25) is 0 Å². The number of benzene rings is 1. The zero-order valence-corrected chi connectivity index (χ0v) is 11.5. The number of ether oxygens (including phenoxy) is 1. The van der Waals surface area contributed by atoms with Gasteiger partial charge in [-0.3, -0.25) is 4.79 Å². The van der Waals surface area contributed by atoms with Gasteiger partial charge in [0.25, 0.3) is 5.91 Å². The van der Waals surface area contributed by atoms with Gasteiger partial charge in [-0.1, -0.05) is 6.07 Å². The Morgan fingerprint density at radius 3 is 2.62 bits per heavy atom.